The summed E-state index contributed by atoms with van der Waals surface area (Å²) in [5, 5.41) is 6.78. The maximum atomic E-state index is 13.4. The Morgan fingerprint density at radius 1 is 1.16 bits per heavy atom. The van der Waals surface area contributed by atoms with Crippen LogP contribution in [0.1, 0.15) is 21.9 Å². The molecule has 0 atom stereocenters. The lowest BCUT2D eigenvalue weighted by atomic mass is 10.1. The predicted octanol–water partition coefficient (Wildman–Crippen LogP) is 3.75. The second kappa shape index (κ2) is 8.16. The number of carbonyl (C=O) groups is 1. The minimum absolute atomic E-state index is 0.0475. The smallest absolute Gasteiger partial charge is 0.255 e. The molecule has 0 spiro atoms. The number of benzene rings is 1. The third-order valence-corrected chi connectivity index (χ3v) is 6.29. The van der Waals surface area contributed by atoms with E-state index in [1.807, 2.05) is 22.4 Å². The highest BCUT2D eigenvalue weighted by atomic mass is 32.1. The van der Waals surface area contributed by atoms with Crippen molar-refractivity contribution in [2.75, 3.05) is 26.2 Å². The van der Waals surface area contributed by atoms with Crippen LogP contribution < -0.4 is 0 Å². The van der Waals surface area contributed by atoms with Crippen LogP contribution in [0.2, 0.25) is 0 Å². The molecule has 0 radical (unpaired) electrons. The highest BCUT2D eigenvalue weighted by Gasteiger charge is 2.25. The standard InChI is InChI=1S/C22H20FN5O2S/c1-14-17(11-15-4-5-16(23)12-18(15)24-14)22(29)28-8-6-27(7-9-28)13-20-25-21(26-30-20)19-3-2-10-31-19/h2-5,10-12H,6-9,13H2,1H3. The predicted molar refractivity (Wildman–Crippen MR) is 115 cm³/mol. The maximum Gasteiger partial charge on any atom is 0.255 e. The Morgan fingerprint density at radius 3 is 2.77 bits per heavy atom. The molecule has 7 nitrogen and oxygen atoms in total. The Morgan fingerprint density at radius 2 is 2.00 bits per heavy atom. The number of aromatic nitrogens is 3. The monoisotopic (exact) mass is 437 g/mol. The van der Waals surface area contributed by atoms with Crippen molar-refractivity contribution in [3.8, 4) is 10.7 Å². The van der Waals surface area contributed by atoms with E-state index in [-0.39, 0.29) is 11.7 Å². The van der Waals surface area contributed by atoms with E-state index in [0.29, 0.717) is 61.2 Å². The van der Waals surface area contributed by atoms with Crippen LogP contribution in [-0.4, -0.2) is 57.0 Å². The minimum Gasteiger partial charge on any atom is -0.338 e. The van der Waals surface area contributed by atoms with Gasteiger partial charge in [-0.1, -0.05) is 11.2 Å². The van der Waals surface area contributed by atoms with Crippen molar-refractivity contribution in [1.82, 2.24) is 24.9 Å². The first-order valence-corrected chi connectivity index (χ1v) is 10.9. The Hall–Kier alpha value is -3.17. The topological polar surface area (TPSA) is 75.4 Å². The maximum absolute atomic E-state index is 13.4. The lowest BCUT2D eigenvalue weighted by molar-refractivity contribution is 0.0614. The van der Waals surface area contributed by atoms with Gasteiger partial charge < -0.3 is 9.42 Å². The number of hydrogen-bond acceptors (Lipinski definition) is 7. The molecule has 1 aromatic carbocycles. The van der Waals surface area contributed by atoms with Crippen LogP contribution in [0.25, 0.3) is 21.6 Å². The van der Waals surface area contributed by atoms with E-state index in [1.54, 1.807) is 30.4 Å². The molecule has 1 aliphatic heterocycles. The van der Waals surface area contributed by atoms with Gasteiger partial charge in [0.15, 0.2) is 0 Å². The van der Waals surface area contributed by atoms with Crippen LogP contribution in [0.4, 0.5) is 4.39 Å². The highest BCUT2D eigenvalue weighted by molar-refractivity contribution is 7.13. The normalized spacial score (nSPS) is 15.0. The van der Waals surface area contributed by atoms with E-state index in [2.05, 4.69) is 20.0 Å². The lowest BCUT2D eigenvalue weighted by Crippen LogP contribution is -2.48. The first-order valence-electron chi connectivity index (χ1n) is 10.0. The van der Waals surface area contributed by atoms with Crippen LogP contribution >= 0.6 is 11.3 Å². The summed E-state index contributed by atoms with van der Waals surface area (Å²) in [5.41, 5.74) is 1.72. The molecule has 0 aliphatic carbocycles. The molecule has 4 aromatic rings. The summed E-state index contributed by atoms with van der Waals surface area (Å²) in [6.45, 7) is 4.98. The number of thiophene rings is 1. The van der Waals surface area contributed by atoms with Gasteiger partial charge in [0.25, 0.3) is 5.91 Å². The largest absolute Gasteiger partial charge is 0.338 e. The number of nitrogens with zero attached hydrogens (tertiary/aromatic N) is 5. The van der Waals surface area contributed by atoms with Gasteiger partial charge in [-0.05, 0) is 36.6 Å². The summed E-state index contributed by atoms with van der Waals surface area (Å²) in [4.78, 5) is 27.0. The summed E-state index contributed by atoms with van der Waals surface area (Å²) in [5.74, 6) is 0.801. The van der Waals surface area contributed by atoms with Gasteiger partial charge in [0.05, 0.1) is 28.2 Å². The fourth-order valence-electron chi connectivity index (χ4n) is 3.75. The van der Waals surface area contributed by atoms with E-state index in [4.69, 9.17) is 4.52 Å². The quantitative estimate of drug-likeness (QED) is 0.484. The number of fused-ring (bicyclic) bond motifs is 1. The van der Waals surface area contributed by atoms with Crippen molar-refractivity contribution in [2.45, 2.75) is 13.5 Å². The van der Waals surface area contributed by atoms with Crippen molar-refractivity contribution < 1.29 is 13.7 Å². The second-order valence-electron chi connectivity index (χ2n) is 7.52. The average molecular weight is 438 g/mol. The Bertz CT molecular complexity index is 1230. The fourth-order valence-corrected chi connectivity index (χ4v) is 4.40. The molecule has 3 aromatic heterocycles. The first kappa shape index (κ1) is 19.8. The van der Waals surface area contributed by atoms with Crippen LogP contribution in [0.15, 0.2) is 46.3 Å². The molecule has 158 valence electrons. The number of halogens is 1. The third kappa shape index (κ3) is 4.06. The number of piperazine rings is 1. The van der Waals surface area contributed by atoms with Crippen LogP contribution in [0, 0.1) is 12.7 Å². The molecule has 1 aliphatic rings. The molecule has 4 heterocycles. The molecule has 0 saturated carbocycles. The molecule has 9 heteroatoms. The van der Waals surface area contributed by atoms with Crippen LogP contribution in [0.3, 0.4) is 0 Å². The summed E-state index contributed by atoms with van der Waals surface area (Å²) >= 11 is 1.57. The molecule has 1 fully saturated rings. The molecule has 31 heavy (non-hydrogen) atoms. The van der Waals surface area contributed by atoms with Gasteiger partial charge in [-0.25, -0.2) is 4.39 Å². The first-order chi connectivity index (χ1) is 15.1. The van der Waals surface area contributed by atoms with Crippen LogP contribution in [0.5, 0.6) is 0 Å². The van der Waals surface area contributed by atoms with Gasteiger partial charge in [-0.2, -0.15) is 4.98 Å². The SMILES string of the molecule is Cc1nc2cc(F)ccc2cc1C(=O)N1CCN(Cc2nc(-c3cccs3)no2)CC1. The summed E-state index contributed by atoms with van der Waals surface area (Å²) in [6, 6.07) is 10.1. The Kier molecular flexibility index (Phi) is 5.21. The van der Waals surface area contributed by atoms with Gasteiger partial charge in [-0.15, -0.1) is 11.3 Å². The van der Waals surface area contributed by atoms with Gasteiger partial charge in [0.2, 0.25) is 11.7 Å². The van der Waals surface area contributed by atoms with Crippen molar-refractivity contribution >= 4 is 28.1 Å². The van der Waals surface area contributed by atoms with Gasteiger partial charge in [0.1, 0.15) is 5.82 Å². The number of carbonyl (C=O) groups excluding carboxylic acids is 1. The Labute approximate surface area is 182 Å². The van der Waals surface area contributed by atoms with E-state index < -0.39 is 0 Å². The van der Waals surface area contributed by atoms with Gasteiger partial charge >= 0.3 is 0 Å². The van der Waals surface area contributed by atoms with E-state index in [0.717, 1.165) is 10.3 Å². The lowest BCUT2D eigenvalue weighted by Gasteiger charge is -2.34. The molecular weight excluding hydrogens is 417 g/mol. The van der Waals surface area contributed by atoms with Crippen LogP contribution in [-0.2, 0) is 6.54 Å². The summed E-state index contributed by atoms with van der Waals surface area (Å²) in [6.07, 6.45) is 0. The van der Waals surface area contributed by atoms with E-state index in [1.165, 1.54) is 12.1 Å². The molecule has 0 N–H and O–H groups in total. The molecule has 1 amide bonds. The Balaban J connectivity index is 1.23. The number of rotatable bonds is 4. The highest BCUT2D eigenvalue weighted by Crippen LogP contribution is 2.22. The number of aryl methyl sites for hydroxylation is 1. The molecular formula is C22H20FN5O2S. The number of pyridine rings is 1. The second-order valence-corrected chi connectivity index (χ2v) is 8.46. The van der Waals surface area contributed by atoms with E-state index in [9.17, 15) is 9.18 Å². The molecule has 1 saturated heterocycles. The summed E-state index contributed by atoms with van der Waals surface area (Å²) < 4.78 is 18.8. The van der Waals surface area contributed by atoms with Crippen molar-refractivity contribution in [3.63, 3.8) is 0 Å². The van der Waals surface area contributed by atoms with Crippen molar-refractivity contribution in [3.05, 3.63) is 64.7 Å². The molecule has 5 rings (SSSR count). The van der Waals surface area contributed by atoms with Gasteiger partial charge in [-0.3, -0.25) is 14.7 Å². The van der Waals surface area contributed by atoms with Crippen molar-refractivity contribution in [2.24, 2.45) is 0 Å². The van der Waals surface area contributed by atoms with E-state index >= 15 is 0 Å². The molecule has 0 unspecified atom stereocenters. The zero-order valence-electron chi connectivity index (χ0n) is 16.9. The van der Waals surface area contributed by atoms with Crippen molar-refractivity contribution in [1.29, 1.82) is 0 Å². The number of hydrogen-bond donors (Lipinski definition) is 0. The summed E-state index contributed by atoms with van der Waals surface area (Å²) in [7, 11) is 0. The third-order valence-electron chi connectivity index (χ3n) is 5.43. The fraction of sp³-hybridized carbons (Fsp3) is 0.273. The minimum atomic E-state index is -0.335. The number of amides is 1. The zero-order valence-corrected chi connectivity index (χ0v) is 17.7. The molecule has 0 bridgehead atoms. The van der Waals surface area contributed by atoms with Gasteiger partial charge in [0, 0.05) is 37.6 Å². The average Bonchev–Trinajstić information content (AvgIpc) is 3.45. The zero-order chi connectivity index (χ0) is 21.4.